The van der Waals surface area contributed by atoms with E-state index in [1.165, 1.54) is 12.1 Å². The van der Waals surface area contributed by atoms with E-state index in [2.05, 4.69) is 15.0 Å². The summed E-state index contributed by atoms with van der Waals surface area (Å²) >= 11 is 0. The van der Waals surface area contributed by atoms with E-state index >= 15 is 0 Å². The van der Waals surface area contributed by atoms with Crippen molar-refractivity contribution in [1.82, 2.24) is 19.9 Å². The average molecular weight is 304 g/mol. The third kappa shape index (κ3) is 3.30. The van der Waals surface area contributed by atoms with Crippen molar-refractivity contribution in [3.05, 3.63) is 35.9 Å². The molecular weight excluding hydrogens is 287 g/mol. The normalized spacial score (nSPS) is 16.0. The van der Waals surface area contributed by atoms with Gasteiger partial charge in [-0.05, 0) is 24.3 Å². The maximum absolute atomic E-state index is 12.9. The maximum atomic E-state index is 12.9. The summed E-state index contributed by atoms with van der Waals surface area (Å²) in [5, 5.41) is 3.96. The Labute approximate surface area is 127 Å². The molecule has 1 amide bonds. The molecular formula is C15H17FN4O2. The van der Waals surface area contributed by atoms with Gasteiger partial charge in [-0.2, -0.15) is 4.98 Å². The predicted molar refractivity (Wildman–Crippen MR) is 77.2 cm³/mol. The zero-order valence-electron chi connectivity index (χ0n) is 12.3. The Morgan fingerprint density at radius 1 is 1.23 bits per heavy atom. The molecule has 2 aromatic rings. The second-order valence-corrected chi connectivity index (χ2v) is 5.30. The molecule has 1 aromatic carbocycles. The second-order valence-electron chi connectivity index (χ2n) is 5.30. The fraction of sp³-hybridized carbons (Fsp3) is 0.400. The number of halogens is 1. The molecule has 0 unspecified atom stereocenters. The van der Waals surface area contributed by atoms with Crippen LogP contribution in [0.2, 0.25) is 0 Å². The summed E-state index contributed by atoms with van der Waals surface area (Å²) in [6.07, 6.45) is 0. The average Bonchev–Trinajstić information content (AvgIpc) is 2.97. The molecule has 0 bridgehead atoms. The van der Waals surface area contributed by atoms with E-state index in [9.17, 15) is 9.18 Å². The second kappa shape index (κ2) is 6.23. The first-order valence-electron chi connectivity index (χ1n) is 7.18. The zero-order valence-corrected chi connectivity index (χ0v) is 12.3. The van der Waals surface area contributed by atoms with Gasteiger partial charge in [-0.1, -0.05) is 5.16 Å². The molecule has 0 radical (unpaired) electrons. The predicted octanol–water partition coefficient (Wildman–Crippen LogP) is 1.54. The molecule has 0 atom stereocenters. The third-order valence-corrected chi connectivity index (χ3v) is 3.74. The molecule has 1 aromatic heterocycles. The van der Waals surface area contributed by atoms with Crippen LogP contribution < -0.4 is 0 Å². The summed E-state index contributed by atoms with van der Waals surface area (Å²) in [6.45, 7) is 5.19. The highest BCUT2D eigenvalue weighted by molar-refractivity contribution is 5.73. The molecule has 0 N–H and O–H groups in total. The van der Waals surface area contributed by atoms with Gasteiger partial charge in [-0.15, -0.1) is 0 Å². The molecule has 116 valence electrons. The van der Waals surface area contributed by atoms with E-state index in [1.807, 2.05) is 4.90 Å². The minimum absolute atomic E-state index is 0.109. The van der Waals surface area contributed by atoms with Crippen LogP contribution in [0.1, 0.15) is 12.7 Å². The number of rotatable bonds is 3. The highest BCUT2D eigenvalue weighted by Crippen LogP contribution is 2.18. The van der Waals surface area contributed by atoms with Crippen LogP contribution in [0.15, 0.2) is 28.8 Å². The van der Waals surface area contributed by atoms with Crippen LogP contribution in [-0.2, 0) is 11.3 Å². The summed E-state index contributed by atoms with van der Waals surface area (Å²) in [4.78, 5) is 19.6. The van der Waals surface area contributed by atoms with E-state index < -0.39 is 0 Å². The molecule has 1 aliphatic heterocycles. The molecule has 0 aliphatic carbocycles. The molecule has 1 fully saturated rings. The van der Waals surface area contributed by atoms with Gasteiger partial charge in [0.05, 0.1) is 6.54 Å². The number of benzene rings is 1. The number of nitrogens with zero attached hydrogens (tertiary/aromatic N) is 4. The summed E-state index contributed by atoms with van der Waals surface area (Å²) in [7, 11) is 0. The molecule has 0 spiro atoms. The van der Waals surface area contributed by atoms with Crippen LogP contribution in [0, 0.1) is 5.82 Å². The van der Waals surface area contributed by atoms with Crippen LogP contribution >= 0.6 is 0 Å². The van der Waals surface area contributed by atoms with E-state index in [0.29, 0.717) is 23.8 Å². The van der Waals surface area contributed by atoms with Gasteiger partial charge < -0.3 is 9.42 Å². The SMILES string of the molecule is CC(=O)N1CCN(Cc2noc(-c3ccc(F)cc3)n2)CC1. The fourth-order valence-corrected chi connectivity index (χ4v) is 2.45. The topological polar surface area (TPSA) is 62.5 Å². The number of hydrogen-bond acceptors (Lipinski definition) is 5. The van der Waals surface area contributed by atoms with Gasteiger partial charge in [0.1, 0.15) is 5.82 Å². The highest BCUT2D eigenvalue weighted by Gasteiger charge is 2.20. The van der Waals surface area contributed by atoms with Gasteiger partial charge >= 0.3 is 0 Å². The fourth-order valence-electron chi connectivity index (χ4n) is 2.45. The van der Waals surface area contributed by atoms with Crippen molar-refractivity contribution in [2.45, 2.75) is 13.5 Å². The number of carbonyl (C=O) groups is 1. The molecule has 6 nitrogen and oxygen atoms in total. The van der Waals surface area contributed by atoms with Gasteiger partial charge in [-0.25, -0.2) is 4.39 Å². The van der Waals surface area contributed by atoms with E-state index in [0.717, 1.165) is 26.2 Å². The summed E-state index contributed by atoms with van der Waals surface area (Å²) in [5.41, 5.74) is 0.696. The maximum Gasteiger partial charge on any atom is 0.257 e. The van der Waals surface area contributed by atoms with Crippen molar-refractivity contribution in [2.75, 3.05) is 26.2 Å². The quantitative estimate of drug-likeness (QED) is 0.861. The summed E-state index contributed by atoms with van der Waals surface area (Å²) < 4.78 is 18.1. The largest absolute Gasteiger partial charge is 0.340 e. The first kappa shape index (κ1) is 14.6. The molecule has 7 heteroatoms. The highest BCUT2D eigenvalue weighted by atomic mass is 19.1. The minimum atomic E-state index is -0.299. The Kier molecular flexibility index (Phi) is 4.15. The molecule has 1 saturated heterocycles. The number of aromatic nitrogens is 2. The minimum Gasteiger partial charge on any atom is -0.340 e. The van der Waals surface area contributed by atoms with E-state index in [-0.39, 0.29) is 11.7 Å². The van der Waals surface area contributed by atoms with Crippen LogP contribution in [0.25, 0.3) is 11.5 Å². The van der Waals surface area contributed by atoms with Crippen LogP contribution in [0.3, 0.4) is 0 Å². The number of amides is 1. The molecule has 3 rings (SSSR count). The van der Waals surface area contributed by atoms with Gasteiger partial charge in [0.25, 0.3) is 5.89 Å². The standard InChI is InChI=1S/C15H17FN4O2/c1-11(21)20-8-6-19(7-9-20)10-14-17-15(22-18-14)12-2-4-13(16)5-3-12/h2-5H,6-10H2,1H3. The van der Waals surface area contributed by atoms with Gasteiger partial charge in [0, 0.05) is 38.7 Å². The van der Waals surface area contributed by atoms with Crippen molar-refractivity contribution >= 4 is 5.91 Å². The van der Waals surface area contributed by atoms with Crippen molar-refractivity contribution in [3.8, 4) is 11.5 Å². The lowest BCUT2D eigenvalue weighted by atomic mass is 10.2. The van der Waals surface area contributed by atoms with Crippen molar-refractivity contribution < 1.29 is 13.7 Å². The van der Waals surface area contributed by atoms with Crippen LogP contribution in [-0.4, -0.2) is 52.0 Å². The lowest BCUT2D eigenvalue weighted by Gasteiger charge is -2.33. The molecule has 0 saturated carbocycles. The molecule has 2 heterocycles. The summed E-state index contributed by atoms with van der Waals surface area (Å²) in [5.74, 6) is 0.789. The molecule has 22 heavy (non-hydrogen) atoms. The van der Waals surface area contributed by atoms with Crippen molar-refractivity contribution in [3.63, 3.8) is 0 Å². The van der Waals surface area contributed by atoms with E-state index in [4.69, 9.17) is 4.52 Å². The van der Waals surface area contributed by atoms with Gasteiger partial charge in [0.15, 0.2) is 5.82 Å². The van der Waals surface area contributed by atoms with Crippen LogP contribution in [0.4, 0.5) is 4.39 Å². The van der Waals surface area contributed by atoms with Gasteiger partial charge in [-0.3, -0.25) is 9.69 Å². The van der Waals surface area contributed by atoms with Crippen molar-refractivity contribution in [1.29, 1.82) is 0 Å². The Morgan fingerprint density at radius 3 is 2.55 bits per heavy atom. The lowest BCUT2D eigenvalue weighted by Crippen LogP contribution is -2.47. The van der Waals surface area contributed by atoms with Gasteiger partial charge in [0.2, 0.25) is 5.91 Å². The number of piperazine rings is 1. The Balaban J connectivity index is 1.60. The Morgan fingerprint density at radius 2 is 1.91 bits per heavy atom. The monoisotopic (exact) mass is 304 g/mol. The van der Waals surface area contributed by atoms with Crippen molar-refractivity contribution in [2.24, 2.45) is 0 Å². The zero-order chi connectivity index (χ0) is 15.5. The molecule has 1 aliphatic rings. The smallest absolute Gasteiger partial charge is 0.257 e. The number of hydrogen-bond donors (Lipinski definition) is 0. The Bertz CT molecular complexity index is 648. The van der Waals surface area contributed by atoms with E-state index in [1.54, 1.807) is 19.1 Å². The Hall–Kier alpha value is -2.28. The number of carbonyl (C=O) groups excluding carboxylic acids is 1. The first-order valence-corrected chi connectivity index (χ1v) is 7.18. The summed E-state index contributed by atoms with van der Waals surface area (Å²) in [6, 6.07) is 5.94. The first-order chi connectivity index (χ1) is 10.6. The van der Waals surface area contributed by atoms with Crippen LogP contribution in [0.5, 0.6) is 0 Å². The third-order valence-electron chi connectivity index (χ3n) is 3.74. The lowest BCUT2D eigenvalue weighted by molar-refractivity contribution is -0.130.